The Balaban J connectivity index is 1.99. The monoisotopic (exact) mass is 326 g/mol. The number of amides is 1. The molecule has 3 aromatic heterocycles. The number of imidazole rings is 1. The third kappa shape index (κ3) is 3.03. The molecule has 0 saturated heterocycles. The minimum atomic E-state index is -0.277. The van der Waals surface area contributed by atoms with Crippen LogP contribution in [0.15, 0.2) is 30.9 Å². The van der Waals surface area contributed by atoms with Crippen molar-refractivity contribution in [2.45, 2.75) is 19.8 Å². The Morgan fingerprint density at radius 3 is 2.75 bits per heavy atom. The standard InChI is InChI=1S/C16H18N6O2/c1-3-4-7-19-15(23)22-13-6-5-12(11-8-17-10-18-9-11)20-14(13)21-16(22)24-2/h5-6,8-10H,3-4,7H2,1-2H3,(H,19,23). The maximum absolute atomic E-state index is 12.4. The van der Waals surface area contributed by atoms with Gasteiger partial charge in [0.05, 0.1) is 12.8 Å². The van der Waals surface area contributed by atoms with Crippen LogP contribution in [-0.4, -0.2) is 44.2 Å². The molecule has 0 saturated carbocycles. The van der Waals surface area contributed by atoms with E-state index < -0.39 is 0 Å². The van der Waals surface area contributed by atoms with Crippen molar-refractivity contribution in [1.29, 1.82) is 0 Å². The van der Waals surface area contributed by atoms with Gasteiger partial charge in [-0.3, -0.25) is 0 Å². The average Bonchev–Trinajstić information content (AvgIpc) is 3.00. The Bertz CT molecular complexity index is 846. The number of methoxy groups -OCH3 is 1. The van der Waals surface area contributed by atoms with Gasteiger partial charge in [-0.05, 0) is 18.6 Å². The summed E-state index contributed by atoms with van der Waals surface area (Å²) >= 11 is 0. The van der Waals surface area contributed by atoms with Crippen molar-refractivity contribution in [1.82, 2.24) is 29.8 Å². The minimum Gasteiger partial charge on any atom is -0.468 e. The number of hydrogen-bond acceptors (Lipinski definition) is 6. The van der Waals surface area contributed by atoms with Crippen LogP contribution in [-0.2, 0) is 0 Å². The Hall–Kier alpha value is -3.03. The number of unbranched alkanes of at least 4 members (excludes halogenated alkanes) is 1. The summed E-state index contributed by atoms with van der Waals surface area (Å²) in [5.41, 5.74) is 2.47. The molecule has 0 fully saturated rings. The van der Waals surface area contributed by atoms with Gasteiger partial charge in [0.25, 0.3) is 0 Å². The van der Waals surface area contributed by atoms with E-state index in [1.807, 2.05) is 0 Å². The molecule has 0 unspecified atom stereocenters. The Kier molecular flexibility index (Phi) is 4.64. The number of aromatic nitrogens is 5. The highest BCUT2D eigenvalue weighted by Crippen LogP contribution is 2.23. The van der Waals surface area contributed by atoms with E-state index in [1.54, 1.807) is 24.5 Å². The first-order valence-electron chi connectivity index (χ1n) is 7.71. The minimum absolute atomic E-state index is 0.202. The van der Waals surface area contributed by atoms with Gasteiger partial charge >= 0.3 is 12.0 Å². The fraction of sp³-hybridized carbons (Fsp3) is 0.312. The highest BCUT2D eigenvalue weighted by atomic mass is 16.5. The van der Waals surface area contributed by atoms with Gasteiger partial charge in [-0.1, -0.05) is 13.3 Å². The van der Waals surface area contributed by atoms with Crippen molar-refractivity contribution in [3.05, 3.63) is 30.9 Å². The van der Waals surface area contributed by atoms with Crippen molar-refractivity contribution in [2.24, 2.45) is 0 Å². The molecule has 0 atom stereocenters. The Morgan fingerprint density at radius 2 is 2.04 bits per heavy atom. The second-order valence-electron chi connectivity index (χ2n) is 5.19. The second-order valence-corrected chi connectivity index (χ2v) is 5.19. The maximum atomic E-state index is 12.4. The summed E-state index contributed by atoms with van der Waals surface area (Å²) in [5, 5.41) is 2.86. The van der Waals surface area contributed by atoms with Gasteiger partial charge in [-0.25, -0.2) is 24.3 Å². The van der Waals surface area contributed by atoms with E-state index in [0.717, 1.165) is 18.4 Å². The van der Waals surface area contributed by atoms with Gasteiger partial charge in [0.2, 0.25) is 0 Å². The molecule has 0 radical (unpaired) electrons. The van der Waals surface area contributed by atoms with Crippen molar-refractivity contribution in [3.63, 3.8) is 0 Å². The molecule has 24 heavy (non-hydrogen) atoms. The summed E-state index contributed by atoms with van der Waals surface area (Å²) in [5.74, 6) is 0. The molecular formula is C16H18N6O2. The first-order valence-corrected chi connectivity index (χ1v) is 7.71. The molecule has 0 bridgehead atoms. The summed E-state index contributed by atoms with van der Waals surface area (Å²) in [6.07, 6.45) is 6.73. The third-order valence-electron chi connectivity index (χ3n) is 3.54. The lowest BCUT2D eigenvalue weighted by molar-refractivity contribution is 0.239. The summed E-state index contributed by atoms with van der Waals surface area (Å²) in [6, 6.07) is 3.52. The lowest BCUT2D eigenvalue weighted by Gasteiger charge is -2.08. The van der Waals surface area contributed by atoms with E-state index in [2.05, 4.69) is 32.2 Å². The van der Waals surface area contributed by atoms with E-state index in [4.69, 9.17) is 4.74 Å². The summed E-state index contributed by atoms with van der Waals surface area (Å²) < 4.78 is 6.62. The molecule has 0 aliphatic heterocycles. The molecule has 8 nitrogen and oxygen atoms in total. The van der Waals surface area contributed by atoms with Crippen LogP contribution < -0.4 is 10.1 Å². The predicted octanol–water partition coefficient (Wildman–Crippen LogP) is 2.25. The van der Waals surface area contributed by atoms with E-state index in [1.165, 1.54) is 18.0 Å². The number of nitrogens with one attached hydrogen (secondary N) is 1. The lowest BCUT2D eigenvalue weighted by atomic mass is 10.2. The van der Waals surface area contributed by atoms with Crippen LogP contribution in [0.1, 0.15) is 19.8 Å². The molecule has 0 aromatic carbocycles. The van der Waals surface area contributed by atoms with Crippen LogP contribution in [0.4, 0.5) is 4.79 Å². The molecule has 0 aliphatic carbocycles. The third-order valence-corrected chi connectivity index (χ3v) is 3.54. The van der Waals surface area contributed by atoms with Gasteiger partial charge in [0.1, 0.15) is 11.8 Å². The zero-order valence-corrected chi connectivity index (χ0v) is 13.6. The van der Waals surface area contributed by atoms with E-state index >= 15 is 0 Å². The maximum Gasteiger partial charge on any atom is 0.330 e. The van der Waals surface area contributed by atoms with Crippen LogP contribution in [0.2, 0.25) is 0 Å². The molecule has 124 valence electrons. The number of hydrogen-bond donors (Lipinski definition) is 1. The largest absolute Gasteiger partial charge is 0.468 e. The van der Waals surface area contributed by atoms with Crippen molar-refractivity contribution in [3.8, 4) is 17.3 Å². The van der Waals surface area contributed by atoms with Gasteiger partial charge in [0, 0.05) is 24.5 Å². The van der Waals surface area contributed by atoms with E-state index in [0.29, 0.717) is 23.4 Å². The molecule has 0 spiro atoms. The fourth-order valence-corrected chi connectivity index (χ4v) is 2.32. The van der Waals surface area contributed by atoms with Crippen LogP contribution in [0.5, 0.6) is 6.01 Å². The average molecular weight is 326 g/mol. The highest BCUT2D eigenvalue weighted by molar-refractivity contribution is 5.90. The fourth-order valence-electron chi connectivity index (χ4n) is 2.32. The molecule has 3 rings (SSSR count). The van der Waals surface area contributed by atoms with Crippen LogP contribution in [0, 0.1) is 0 Å². The molecule has 0 aliphatic rings. The number of nitrogens with zero attached hydrogens (tertiary/aromatic N) is 5. The first-order chi connectivity index (χ1) is 11.7. The van der Waals surface area contributed by atoms with Gasteiger partial charge in [0.15, 0.2) is 5.65 Å². The van der Waals surface area contributed by atoms with Crippen LogP contribution >= 0.6 is 0 Å². The quantitative estimate of drug-likeness (QED) is 0.723. The van der Waals surface area contributed by atoms with Crippen LogP contribution in [0.3, 0.4) is 0 Å². The summed E-state index contributed by atoms with van der Waals surface area (Å²) in [7, 11) is 1.48. The number of pyridine rings is 1. The number of fused-ring (bicyclic) bond motifs is 1. The van der Waals surface area contributed by atoms with Gasteiger partial charge in [-0.2, -0.15) is 4.98 Å². The Morgan fingerprint density at radius 1 is 1.25 bits per heavy atom. The molecule has 3 aromatic rings. The van der Waals surface area contributed by atoms with Crippen molar-refractivity contribution in [2.75, 3.05) is 13.7 Å². The molecule has 3 heterocycles. The summed E-state index contributed by atoms with van der Waals surface area (Å²) in [4.78, 5) is 29.2. The van der Waals surface area contributed by atoms with Gasteiger partial charge < -0.3 is 10.1 Å². The normalized spacial score (nSPS) is 10.8. The van der Waals surface area contributed by atoms with Crippen molar-refractivity contribution < 1.29 is 9.53 Å². The molecule has 8 heteroatoms. The topological polar surface area (TPSA) is 94.8 Å². The van der Waals surface area contributed by atoms with Crippen molar-refractivity contribution >= 4 is 17.2 Å². The number of rotatable bonds is 5. The zero-order chi connectivity index (χ0) is 16.9. The zero-order valence-electron chi connectivity index (χ0n) is 13.6. The molecular weight excluding hydrogens is 308 g/mol. The first kappa shape index (κ1) is 15.9. The smallest absolute Gasteiger partial charge is 0.330 e. The highest BCUT2D eigenvalue weighted by Gasteiger charge is 2.18. The number of ether oxygens (including phenoxy) is 1. The lowest BCUT2D eigenvalue weighted by Crippen LogP contribution is -2.29. The second kappa shape index (κ2) is 7.03. The van der Waals surface area contributed by atoms with Crippen LogP contribution in [0.25, 0.3) is 22.4 Å². The van der Waals surface area contributed by atoms with E-state index in [9.17, 15) is 4.79 Å². The SMILES string of the molecule is CCCCNC(=O)n1c(OC)nc2nc(-c3cncnc3)ccc21. The van der Waals surface area contributed by atoms with Gasteiger partial charge in [-0.15, -0.1) is 0 Å². The van der Waals surface area contributed by atoms with E-state index in [-0.39, 0.29) is 12.0 Å². The number of carbonyl (C=O) groups is 1. The number of carbonyl (C=O) groups excluding carboxylic acids is 1. The molecule has 1 amide bonds. The molecule has 1 N–H and O–H groups in total. The summed E-state index contributed by atoms with van der Waals surface area (Å²) in [6.45, 7) is 2.67. The Labute approximate surface area is 138 Å². The predicted molar refractivity (Wildman–Crippen MR) is 88.8 cm³/mol.